The molecule has 0 unspecified atom stereocenters. The lowest BCUT2D eigenvalue weighted by Gasteiger charge is -2.03. The molecule has 1 amide bonds. The third-order valence-corrected chi connectivity index (χ3v) is 2.12. The minimum Gasteiger partial charge on any atom is -0.339 e. The molecule has 86 valence electrons. The predicted octanol–water partition coefficient (Wildman–Crippen LogP) is 3.09. The summed E-state index contributed by atoms with van der Waals surface area (Å²) in [6.07, 6.45) is 11.6. The molecule has 0 spiro atoms. The van der Waals surface area contributed by atoms with E-state index >= 15 is 0 Å². The van der Waals surface area contributed by atoms with Crippen LogP contribution in [0, 0.1) is 0 Å². The lowest BCUT2D eigenvalue weighted by molar-refractivity contribution is 0.261. The van der Waals surface area contributed by atoms with Crippen LogP contribution in [0.4, 0.5) is 4.79 Å². The topological polar surface area (TPSA) is 29.1 Å². The Hall–Kier alpha value is -1.51. The van der Waals surface area contributed by atoms with Gasteiger partial charge in [-0.25, -0.2) is 0 Å². The van der Waals surface area contributed by atoms with Crippen LogP contribution >= 0.6 is 0 Å². The largest absolute Gasteiger partial charge is 0.339 e. The average molecular weight is 217 g/mol. The highest BCUT2D eigenvalue weighted by molar-refractivity contribution is 6.79. The SMILES string of the molecule is C\C=C/C=C\C(BC(=O)N/C(C)=C/C)=C/C. The van der Waals surface area contributed by atoms with Crippen LogP contribution in [0.5, 0.6) is 0 Å². The fourth-order valence-corrected chi connectivity index (χ4v) is 1.07. The number of amides is 1. The van der Waals surface area contributed by atoms with Gasteiger partial charge in [0.15, 0.2) is 5.81 Å². The van der Waals surface area contributed by atoms with Crippen LogP contribution in [0.1, 0.15) is 27.7 Å². The van der Waals surface area contributed by atoms with Crippen molar-refractivity contribution in [1.82, 2.24) is 5.32 Å². The van der Waals surface area contributed by atoms with E-state index in [0.29, 0.717) is 7.28 Å². The molecule has 0 aromatic rings. The van der Waals surface area contributed by atoms with E-state index in [1.807, 2.05) is 64.2 Å². The Morgan fingerprint density at radius 3 is 2.31 bits per heavy atom. The molecule has 0 aliphatic carbocycles. The van der Waals surface area contributed by atoms with Crippen LogP contribution in [-0.4, -0.2) is 13.1 Å². The zero-order chi connectivity index (χ0) is 12.4. The smallest absolute Gasteiger partial charge is 0.267 e. The van der Waals surface area contributed by atoms with Gasteiger partial charge in [0.25, 0.3) is 7.28 Å². The fourth-order valence-electron chi connectivity index (χ4n) is 1.07. The van der Waals surface area contributed by atoms with Gasteiger partial charge in [0, 0.05) is 5.70 Å². The molecule has 0 atom stereocenters. The molecule has 0 aliphatic heterocycles. The first-order valence-corrected chi connectivity index (χ1v) is 5.51. The van der Waals surface area contributed by atoms with Gasteiger partial charge in [-0.15, -0.1) is 0 Å². The van der Waals surface area contributed by atoms with Crippen LogP contribution in [0.15, 0.2) is 47.6 Å². The highest BCUT2D eigenvalue weighted by atomic mass is 16.1. The van der Waals surface area contributed by atoms with Crippen LogP contribution < -0.4 is 5.32 Å². The Kier molecular flexibility index (Phi) is 7.95. The van der Waals surface area contributed by atoms with Crippen molar-refractivity contribution in [1.29, 1.82) is 0 Å². The Morgan fingerprint density at radius 2 is 1.81 bits per heavy atom. The molecule has 2 nitrogen and oxygen atoms in total. The standard InChI is InChI=1S/C13H20BNO/c1-5-8-9-10-12(7-3)14-13(16)15-11(4)6-2/h5-10,14H,1-4H3,(H,15,16)/b8-5-,10-9-,11-6+,12-7+. The van der Waals surface area contributed by atoms with Crippen molar-refractivity contribution < 1.29 is 4.79 Å². The molecule has 1 N–H and O–H groups in total. The second kappa shape index (κ2) is 8.78. The molecule has 3 heteroatoms. The summed E-state index contributed by atoms with van der Waals surface area (Å²) >= 11 is 0. The summed E-state index contributed by atoms with van der Waals surface area (Å²) in [7, 11) is 0.412. The monoisotopic (exact) mass is 217 g/mol. The molecule has 0 radical (unpaired) electrons. The fraction of sp³-hybridized carbons (Fsp3) is 0.308. The molecule has 0 fully saturated rings. The van der Waals surface area contributed by atoms with E-state index in [0.717, 1.165) is 11.2 Å². The van der Waals surface area contributed by atoms with E-state index < -0.39 is 0 Å². The number of rotatable bonds is 5. The van der Waals surface area contributed by atoms with Crippen molar-refractivity contribution in [2.45, 2.75) is 27.7 Å². The third kappa shape index (κ3) is 6.88. The van der Waals surface area contributed by atoms with Gasteiger partial charge in [0.05, 0.1) is 0 Å². The zero-order valence-corrected chi connectivity index (χ0v) is 10.6. The summed E-state index contributed by atoms with van der Waals surface area (Å²) in [6.45, 7) is 7.67. The third-order valence-electron chi connectivity index (χ3n) is 2.12. The number of carbonyl (C=O) groups excluding carboxylic acids is 1. The van der Waals surface area contributed by atoms with Crippen molar-refractivity contribution >= 4 is 13.1 Å². The maximum Gasteiger partial charge on any atom is 0.267 e. The number of hydrogen-bond donors (Lipinski definition) is 1. The van der Waals surface area contributed by atoms with Gasteiger partial charge >= 0.3 is 0 Å². The summed E-state index contributed by atoms with van der Waals surface area (Å²) in [5.74, 6) is 0.0221. The Labute approximate surface area is 99.1 Å². The second-order valence-electron chi connectivity index (χ2n) is 3.45. The van der Waals surface area contributed by atoms with Crippen molar-refractivity contribution in [3.63, 3.8) is 0 Å². The molecule has 0 aromatic carbocycles. The van der Waals surface area contributed by atoms with Crippen molar-refractivity contribution in [3.8, 4) is 0 Å². The van der Waals surface area contributed by atoms with Gasteiger partial charge < -0.3 is 5.32 Å². The number of allylic oxidation sites excluding steroid dienone is 8. The maximum absolute atomic E-state index is 11.6. The van der Waals surface area contributed by atoms with Gasteiger partial charge in [-0.2, -0.15) is 0 Å². The number of nitrogens with one attached hydrogen (secondary N) is 1. The van der Waals surface area contributed by atoms with Crippen LogP contribution in [-0.2, 0) is 0 Å². The van der Waals surface area contributed by atoms with Gasteiger partial charge in [-0.3, -0.25) is 4.79 Å². The molecular weight excluding hydrogens is 197 g/mol. The summed E-state index contributed by atoms with van der Waals surface area (Å²) in [6, 6.07) is 0. The van der Waals surface area contributed by atoms with Gasteiger partial charge in [0.1, 0.15) is 0 Å². The normalized spacial score (nSPS) is 13.5. The highest BCUT2D eigenvalue weighted by Gasteiger charge is 2.05. The number of carbonyl (C=O) groups is 1. The summed E-state index contributed by atoms with van der Waals surface area (Å²) in [5, 5.41) is 2.81. The van der Waals surface area contributed by atoms with Gasteiger partial charge in [-0.1, -0.05) is 41.9 Å². The first kappa shape index (κ1) is 14.5. The first-order chi connectivity index (χ1) is 7.63. The average Bonchev–Trinajstić information content (AvgIpc) is 2.27. The maximum atomic E-state index is 11.6. The van der Waals surface area contributed by atoms with E-state index in [1.165, 1.54) is 0 Å². The van der Waals surface area contributed by atoms with Crippen molar-refractivity contribution in [2.24, 2.45) is 0 Å². The number of hydrogen-bond acceptors (Lipinski definition) is 1. The summed E-state index contributed by atoms with van der Waals surface area (Å²) in [5.41, 5.74) is 1.90. The lowest BCUT2D eigenvalue weighted by atomic mass is 9.68. The molecule has 0 aromatic heterocycles. The lowest BCUT2D eigenvalue weighted by Crippen LogP contribution is -2.26. The minimum atomic E-state index is 0.0221. The van der Waals surface area contributed by atoms with E-state index in [2.05, 4.69) is 5.32 Å². The predicted molar refractivity (Wildman–Crippen MR) is 72.8 cm³/mol. The highest BCUT2D eigenvalue weighted by Crippen LogP contribution is 1.97. The minimum absolute atomic E-state index is 0.0221. The molecule has 0 aliphatic rings. The van der Waals surface area contributed by atoms with Gasteiger partial charge in [-0.05, 0) is 27.7 Å². The van der Waals surface area contributed by atoms with E-state index in [9.17, 15) is 4.79 Å². The quantitative estimate of drug-likeness (QED) is 0.556. The summed E-state index contributed by atoms with van der Waals surface area (Å²) < 4.78 is 0. The molecule has 0 heterocycles. The van der Waals surface area contributed by atoms with Crippen molar-refractivity contribution in [3.05, 3.63) is 47.6 Å². The molecule has 0 saturated heterocycles. The molecular formula is C13H20BNO. The van der Waals surface area contributed by atoms with Crippen LogP contribution in [0.25, 0.3) is 0 Å². The van der Waals surface area contributed by atoms with Gasteiger partial charge in [0.2, 0.25) is 0 Å². The molecule has 16 heavy (non-hydrogen) atoms. The van der Waals surface area contributed by atoms with Crippen molar-refractivity contribution in [2.75, 3.05) is 0 Å². The van der Waals surface area contributed by atoms with E-state index in [1.54, 1.807) is 0 Å². The molecule has 0 saturated carbocycles. The first-order valence-electron chi connectivity index (χ1n) is 5.51. The summed E-state index contributed by atoms with van der Waals surface area (Å²) in [4.78, 5) is 11.6. The molecule has 0 bridgehead atoms. The molecule has 0 rings (SSSR count). The van der Waals surface area contributed by atoms with E-state index in [4.69, 9.17) is 0 Å². The Morgan fingerprint density at radius 1 is 1.12 bits per heavy atom. The van der Waals surface area contributed by atoms with Crippen LogP contribution in [0.2, 0.25) is 0 Å². The Bertz CT molecular complexity index is 338. The zero-order valence-electron chi connectivity index (χ0n) is 10.6. The second-order valence-corrected chi connectivity index (χ2v) is 3.45. The van der Waals surface area contributed by atoms with E-state index in [-0.39, 0.29) is 5.81 Å². The van der Waals surface area contributed by atoms with Crippen LogP contribution in [0.3, 0.4) is 0 Å². The Balaban J connectivity index is 4.29.